The van der Waals surface area contributed by atoms with Crippen molar-refractivity contribution >= 4 is 44.8 Å². The first-order valence-corrected chi connectivity index (χ1v) is 14.5. The molecule has 0 aliphatic heterocycles. The zero-order chi connectivity index (χ0) is 28.5. The van der Waals surface area contributed by atoms with Gasteiger partial charge in [0.05, 0.1) is 0 Å². The molecular formula is C28H32N6O4S2. The van der Waals surface area contributed by atoms with E-state index in [2.05, 4.69) is 31.0 Å². The summed E-state index contributed by atoms with van der Waals surface area (Å²) in [6.07, 6.45) is 3.24. The number of anilines is 2. The van der Waals surface area contributed by atoms with E-state index in [0.29, 0.717) is 21.8 Å². The quantitative estimate of drug-likeness (QED) is 0.206. The molecule has 4 aromatic rings. The smallest absolute Gasteiger partial charge is 0.264 e. The van der Waals surface area contributed by atoms with E-state index in [0.717, 1.165) is 58.0 Å². The third-order valence-electron chi connectivity index (χ3n) is 5.86. The zero-order valence-corrected chi connectivity index (χ0v) is 24.6. The average Bonchev–Trinajstić information content (AvgIpc) is 3.56. The topological polar surface area (TPSA) is 128 Å². The fourth-order valence-corrected chi connectivity index (χ4v) is 5.28. The van der Waals surface area contributed by atoms with Gasteiger partial charge in [-0.2, -0.15) is 0 Å². The Kier molecular flexibility index (Phi) is 10.1. The van der Waals surface area contributed by atoms with Crippen LogP contribution >= 0.6 is 22.7 Å². The average molecular weight is 581 g/mol. The maximum atomic E-state index is 12.3. The first-order chi connectivity index (χ1) is 19.2. The van der Waals surface area contributed by atoms with Crippen LogP contribution < -0.4 is 20.1 Å². The Morgan fingerprint density at radius 2 is 1.10 bits per heavy atom. The molecule has 0 saturated heterocycles. The second-order valence-electron chi connectivity index (χ2n) is 9.42. The first-order valence-electron chi connectivity index (χ1n) is 12.9. The number of ether oxygens (including phenoxy) is 2. The molecule has 12 heteroatoms. The minimum absolute atomic E-state index is 0.0943. The molecule has 2 heterocycles. The first kappa shape index (κ1) is 29.1. The number of aromatic nitrogens is 4. The second-order valence-corrected chi connectivity index (χ2v) is 11.5. The summed E-state index contributed by atoms with van der Waals surface area (Å²) in [5.41, 5.74) is 4.10. The van der Waals surface area contributed by atoms with Gasteiger partial charge in [0.15, 0.2) is 13.2 Å². The number of hydrogen-bond acceptors (Lipinski definition) is 10. The molecule has 0 bridgehead atoms. The van der Waals surface area contributed by atoms with Gasteiger partial charge in [-0.15, -0.1) is 20.4 Å². The van der Waals surface area contributed by atoms with Crippen LogP contribution in [-0.2, 0) is 22.4 Å². The molecule has 4 rings (SSSR count). The van der Waals surface area contributed by atoms with Crippen LogP contribution in [0.1, 0.15) is 45.1 Å². The maximum absolute atomic E-state index is 12.3. The fraction of sp³-hybridized carbons (Fsp3) is 0.357. The van der Waals surface area contributed by atoms with E-state index < -0.39 is 0 Å². The van der Waals surface area contributed by atoms with Crippen molar-refractivity contribution in [2.45, 2.75) is 53.4 Å². The summed E-state index contributed by atoms with van der Waals surface area (Å²) in [6.45, 7) is 7.65. The third kappa shape index (κ3) is 8.82. The summed E-state index contributed by atoms with van der Waals surface area (Å²) < 4.78 is 11.3. The van der Waals surface area contributed by atoms with E-state index >= 15 is 0 Å². The molecule has 2 aromatic heterocycles. The van der Waals surface area contributed by atoms with Crippen LogP contribution in [0.2, 0.25) is 0 Å². The summed E-state index contributed by atoms with van der Waals surface area (Å²) in [7, 11) is 0. The van der Waals surface area contributed by atoms with Crippen LogP contribution in [0.15, 0.2) is 36.4 Å². The number of aryl methyl sites for hydroxylation is 6. The summed E-state index contributed by atoms with van der Waals surface area (Å²) in [5.74, 6) is 0.833. The van der Waals surface area contributed by atoms with Crippen molar-refractivity contribution in [1.29, 1.82) is 0 Å². The molecule has 40 heavy (non-hydrogen) atoms. The van der Waals surface area contributed by atoms with Crippen molar-refractivity contribution in [2.75, 3.05) is 23.8 Å². The van der Waals surface area contributed by atoms with E-state index in [1.54, 1.807) is 0 Å². The van der Waals surface area contributed by atoms with Crippen LogP contribution in [-0.4, -0.2) is 45.4 Å². The van der Waals surface area contributed by atoms with Gasteiger partial charge in [0.2, 0.25) is 10.3 Å². The van der Waals surface area contributed by atoms with E-state index in [1.807, 2.05) is 64.1 Å². The lowest BCUT2D eigenvalue weighted by atomic mass is 10.1. The van der Waals surface area contributed by atoms with Crippen LogP contribution in [0, 0.1) is 27.7 Å². The molecule has 210 valence electrons. The van der Waals surface area contributed by atoms with Gasteiger partial charge in [-0.25, -0.2) is 0 Å². The normalized spacial score (nSPS) is 10.8. The Bertz CT molecular complexity index is 1360. The van der Waals surface area contributed by atoms with Gasteiger partial charge in [-0.05, 0) is 74.9 Å². The Balaban J connectivity index is 1.13. The summed E-state index contributed by atoms with van der Waals surface area (Å²) in [6, 6.07) is 11.8. The molecule has 0 aliphatic carbocycles. The predicted molar refractivity (Wildman–Crippen MR) is 157 cm³/mol. The van der Waals surface area contributed by atoms with Gasteiger partial charge in [-0.1, -0.05) is 46.9 Å². The van der Waals surface area contributed by atoms with E-state index in [-0.39, 0.29) is 25.0 Å². The molecule has 2 N–H and O–H groups in total. The lowest BCUT2D eigenvalue weighted by molar-refractivity contribution is -0.118. The molecule has 0 spiro atoms. The van der Waals surface area contributed by atoms with Gasteiger partial charge in [-0.3, -0.25) is 20.2 Å². The Morgan fingerprint density at radius 3 is 1.52 bits per heavy atom. The third-order valence-corrected chi connectivity index (χ3v) is 7.66. The van der Waals surface area contributed by atoms with Crippen molar-refractivity contribution in [3.8, 4) is 11.5 Å². The molecule has 0 saturated carbocycles. The molecule has 0 fully saturated rings. The van der Waals surface area contributed by atoms with Gasteiger partial charge < -0.3 is 9.47 Å². The Labute approximate surface area is 241 Å². The number of nitrogens with one attached hydrogen (secondary N) is 2. The largest absolute Gasteiger partial charge is 0.483 e. The van der Waals surface area contributed by atoms with Crippen LogP contribution in [0.25, 0.3) is 0 Å². The highest BCUT2D eigenvalue weighted by atomic mass is 32.1. The molecule has 0 atom stereocenters. The van der Waals surface area contributed by atoms with Crippen LogP contribution in [0.4, 0.5) is 10.3 Å². The molecule has 10 nitrogen and oxygen atoms in total. The number of nitrogens with zero attached hydrogens (tertiary/aromatic N) is 4. The molecule has 2 amide bonds. The van der Waals surface area contributed by atoms with Gasteiger partial charge in [0.25, 0.3) is 11.8 Å². The van der Waals surface area contributed by atoms with Crippen molar-refractivity contribution < 1.29 is 19.1 Å². The van der Waals surface area contributed by atoms with Gasteiger partial charge >= 0.3 is 0 Å². The number of rotatable bonds is 13. The zero-order valence-electron chi connectivity index (χ0n) is 22.9. The van der Waals surface area contributed by atoms with Crippen LogP contribution in [0.5, 0.6) is 11.5 Å². The molecular weight excluding hydrogens is 548 g/mol. The number of carbonyl (C=O) groups excluding carboxylic acids is 2. The molecule has 2 aromatic carbocycles. The van der Waals surface area contributed by atoms with Crippen LogP contribution in [0.3, 0.4) is 0 Å². The number of unbranched alkanes of at least 4 members (excludes halogenated alkanes) is 1. The lowest BCUT2D eigenvalue weighted by Gasteiger charge is -2.09. The minimum atomic E-state index is -0.278. The number of benzene rings is 2. The summed E-state index contributed by atoms with van der Waals surface area (Å²) in [5, 5.41) is 24.6. The predicted octanol–water partition coefficient (Wildman–Crippen LogP) is 5.22. The molecule has 0 aliphatic rings. The SMILES string of the molecule is Cc1ccc(C)c(OCC(=O)Nc2nnc(CCCCc3nnc(NC(=O)COc4cc(C)ccc4C)s3)s2)c1. The van der Waals surface area contributed by atoms with Gasteiger partial charge in [0, 0.05) is 12.8 Å². The highest BCUT2D eigenvalue weighted by Crippen LogP contribution is 2.22. The number of hydrogen-bond donors (Lipinski definition) is 2. The Morgan fingerprint density at radius 1 is 0.675 bits per heavy atom. The van der Waals surface area contributed by atoms with Crippen molar-refractivity contribution in [3.05, 3.63) is 68.7 Å². The lowest BCUT2D eigenvalue weighted by Crippen LogP contribution is -2.20. The number of amides is 2. The minimum Gasteiger partial charge on any atom is -0.483 e. The Hall–Kier alpha value is -3.90. The van der Waals surface area contributed by atoms with Crippen molar-refractivity contribution in [1.82, 2.24) is 20.4 Å². The second kappa shape index (κ2) is 13.9. The van der Waals surface area contributed by atoms with E-state index in [9.17, 15) is 9.59 Å². The number of carbonyl (C=O) groups is 2. The molecule has 0 unspecified atom stereocenters. The standard InChI is InChI=1S/C28H32N6O4S2/c1-17-9-11-19(3)21(13-17)37-15-23(35)29-27-33-31-25(39-27)7-5-6-8-26-32-34-28(40-26)30-24(36)16-38-22-14-18(2)10-12-20(22)4/h9-14H,5-8,15-16H2,1-4H3,(H,29,33,35)(H,30,34,36). The highest BCUT2D eigenvalue weighted by molar-refractivity contribution is 7.15. The van der Waals surface area contributed by atoms with E-state index in [1.165, 1.54) is 22.7 Å². The maximum Gasteiger partial charge on any atom is 0.264 e. The summed E-state index contributed by atoms with van der Waals surface area (Å²) in [4.78, 5) is 24.5. The van der Waals surface area contributed by atoms with E-state index in [4.69, 9.17) is 9.47 Å². The van der Waals surface area contributed by atoms with Crippen molar-refractivity contribution in [3.63, 3.8) is 0 Å². The monoisotopic (exact) mass is 580 g/mol. The van der Waals surface area contributed by atoms with Gasteiger partial charge in [0.1, 0.15) is 21.5 Å². The highest BCUT2D eigenvalue weighted by Gasteiger charge is 2.12. The van der Waals surface area contributed by atoms with Crippen molar-refractivity contribution in [2.24, 2.45) is 0 Å². The summed E-state index contributed by atoms with van der Waals surface area (Å²) >= 11 is 2.71. The molecule has 0 radical (unpaired) electrons. The fourth-order valence-electron chi connectivity index (χ4n) is 3.69.